The summed E-state index contributed by atoms with van der Waals surface area (Å²) in [7, 11) is 0. The normalized spacial score (nSPS) is 11.6. The molecule has 0 saturated carbocycles. The van der Waals surface area contributed by atoms with Gasteiger partial charge in [-0.3, -0.25) is 0 Å². The van der Waals surface area contributed by atoms with Crippen LogP contribution < -0.4 is 0 Å². The van der Waals surface area contributed by atoms with Crippen LogP contribution in [-0.2, 0) is 0 Å². The quantitative estimate of drug-likeness (QED) is 0.538. The maximum Gasteiger partial charge on any atom is -0.0178 e. The van der Waals surface area contributed by atoms with Crippen molar-refractivity contribution in [1.29, 1.82) is 0 Å². The van der Waals surface area contributed by atoms with Crippen molar-refractivity contribution in [3.63, 3.8) is 0 Å². The van der Waals surface area contributed by atoms with E-state index in [0.717, 1.165) is 0 Å². The molecule has 0 heteroatoms. The summed E-state index contributed by atoms with van der Waals surface area (Å²) < 4.78 is 0. The van der Waals surface area contributed by atoms with E-state index < -0.39 is 0 Å². The van der Waals surface area contributed by atoms with Gasteiger partial charge in [0.25, 0.3) is 0 Å². The van der Waals surface area contributed by atoms with E-state index in [4.69, 9.17) is 0 Å². The Bertz CT molecular complexity index is 749. The summed E-state index contributed by atoms with van der Waals surface area (Å²) in [6, 6.07) is 25.3. The van der Waals surface area contributed by atoms with Crippen molar-refractivity contribution >= 4 is 22.9 Å². The number of fused-ring (bicyclic) bond motifs is 1. The van der Waals surface area contributed by atoms with E-state index in [0.29, 0.717) is 0 Å². The molecular formula is C20H16. The lowest BCUT2D eigenvalue weighted by molar-refractivity contribution is 1.66. The monoisotopic (exact) mass is 256 g/mol. The fourth-order valence-electron chi connectivity index (χ4n) is 2.21. The van der Waals surface area contributed by atoms with Crippen molar-refractivity contribution in [1.82, 2.24) is 0 Å². The van der Waals surface area contributed by atoms with E-state index in [-0.39, 0.29) is 0 Å². The van der Waals surface area contributed by atoms with Crippen LogP contribution in [0.15, 0.2) is 84.9 Å². The van der Waals surface area contributed by atoms with Gasteiger partial charge in [-0.05, 0) is 28.0 Å². The van der Waals surface area contributed by atoms with E-state index in [2.05, 4.69) is 78.9 Å². The molecule has 20 heavy (non-hydrogen) atoms. The van der Waals surface area contributed by atoms with Gasteiger partial charge in [-0.25, -0.2) is 0 Å². The van der Waals surface area contributed by atoms with Crippen molar-refractivity contribution in [2.45, 2.75) is 0 Å². The highest BCUT2D eigenvalue weighted by atomic mass is 14.0. The van der Waals surface area contributed by atoms with Gasteiger partial charge in [-0.15, -0.1) is 0 Å². The third-order valence-corrected chi connectivity index (χ3v) is 3.26. The first-order valence-electron chi connectivity index (χ1n) is 6.80. The number of benzene rings is 3. The van der Waals surface area contributed by atoms with Crippen LogP contribution in [-0.4, -0.2) is 0 Å². The van der Waals surface area contributed by atoms with E-state index in [1.54, 1.807) is 0 Å². The van der Waals surface area contributed by atoms with E-state index >= 15 is 0 Å². The second-order valence-corrected chi connectivity index (χ2v) is 4.74. The molecule has 0 saturated heterocycles. The van der Waals surface area contributed by atoms with Crippen LogP contribution in [0.2, 0.25) is 0 Å². The van der Waals surface area contributed by atoms with Gasteiger partial charge >= 0.3 is 0 Å². The molecule has 3 aromatic carbocycles. The van der Waals surface area contributed by atoms with Crippen molar-refractivity contribution in [2.24, 2.45) is 0 Å². The topological polar surface area (TPSA) is 0 Å². The second-order valence-electron chi connectivity index (χ2n) is 4.74. The van der Waals surface area contributed by atoms with E-state index in [9.17, 15) is 0 Å². The molecule has 0 aromatic heterocycles. The zero-order valence-corrected chi connectivity index (χ0v) is 11.2. The smallest absolute Gasteiger partial charge is 0.0178 e. The van der Waals surface area contributed by atoms with E-state index in [1.807, 2.05) is 18.2 Å². The Morgan fingerprint density at radius 2 is 1.15 bits per heavy atom. The van der Waals surface area contributed by atoms with Crippen LogP contribution in [0.3, 0.4) is 0 Å². The zero-order chi connectivity index (χ0) is 13.6. The molecule has 0 amide bonds. The molecule has 96 valence electrons. The lowest BCUT2D eigenvalue weighted by Crippen LogP contribution is -1.74. The Morgan fingerprint density at radius 3 is 1.95 bits per heavy atom. The predicted molar refractivity (Wildman–Crippen MR) is 88.5 cm³/mol. The highest BCUT2D eigenvalue weighted by Crippen LogP contribution is 2.16. The molecule has 0 atom stereocenters. The molecule has 0 aliphatic carbocycles. The minimum atomic E-state index is 1.22. The molecule has 0 nitrogen and oxygen atoms in total. The van der Waals surface area contributed by atoms with Gasteiger partial charge in [-0.2, -0.15) is 0 Å². The van der Waals surface area contributed by atoms with Crippen LogP contribution in [0.4, 0.5) is 0 Å². The fourth-order valence-corrected chi connectivity index (χ4v) is 2.21. The average molecular weight is 256 g/mol. The van der Waals surface area contributed by atoms with Gasteiger partial charge in [0.2, 0.25) is 0 Å². The van der Waals surface area contributed by atoms with Crippen LogP contribution in [0.1, 0.15) is 11.1 Å². The summed E-state index contributed by atoms with van der Waals surface area (Å²) in [6.07, 6.45) is 8.39. The highest BCUT2D eigenvalue weighted by molar-refractivity contribution is 5.84. The number of rotatable bonds is 3. The molecule has 0 N–H and O–H groups in total. The summed E-state index contributed by atoms with van der Waals surface area (Å²) in [4.78, 5) is 0. The van der Waals surface area contributed by atoms with Gasteiger partial charge in [-0.1, -0.05) is 91.0 Å². The number of allylic oxidation sites excluding steroid dienone is 2. The Morgan fingerprint density at radius 1 is 0.500 bits per heavy atom. The third-order valence-electron chi connectivity index (χ3n) is 3.26. The third kappa shape index (κ3) is 3.04. The van der Waals surface area contributed by atoms with Crippen molar-refractivity contribution in [2.75, 3.05) is 0 Å². The summed E-state index contributed by atoms with van der Waals surface area (Å²) in [5.74, 6) is 0. The Hall–Kier alpha value is -2.60. The second kappa shape index (κ2) is 6.03. The molecule has 0 unspecified atom stereocenters. The average Bonchev–Trinajstić information content (AvgIpc) is 2.52. The molecule has 0 radical (unpaired) electrons. The lowest BCUT2D eigenvalue weighted by atomic mass is 10.1. The molecular weight excluding hydrogens is 240 g/mol. The molecule has 0 heterocycles. The Labute approximate surface area is 119 Å². The van der Waals surface area contributed by atoms with Gasteiger partial charge in [0.15, 0.2) is 0 Å². The molecule has 0 aliphatic heterocycles. The van der Waals surface area contributed by atoms with E-state index in [1.165, 1.54) is 21.9 Å². The van der Waals surface area contributed by atoms with Crippen molar-refractivity contribution < 1.29 is 0 Å². The first-order valence-corrected chi connectivity index (χ1v) is 6.80. The SMILES string of the molecule is C(C=Cc1ccc2ccccc2c1)=Cc1ccccc1. The zero-order valence-electron chi connectivity index (χ0n) is 11.2. The summed E-state index contributed by atoms with van der Waals surface area (Å²) in [5, 5.41) is 2.56. The lowest BCUT2D eigenvalue weighted by Gasteiger charge is -1.98. The standard InChI is InChI=1S/C20H16/c1-2-8-17(9-3-1)10-4-5-11-18-14-15-19-12-6-7-13-20(19)16-18/h1-16H. The fraction of sp³-hybridized carbons (Fsp3) is 0. The van der Waals surface area contributed by atoms with Crippen LogP contribution in [0, 0.1) is 0 Å². The molecule has 0 bridgehead atoms. The first kappa shape index (κ1) is 12.4. The van der Waals surface area contributed by atoms with Crippen LogP contribution in [0.25, 0.3) is 22.9 Å². The van der Waals surface area contributed by atoms with Crippen LogP contribution in [0.5, 0.6) is 0 Å². The maximum absolute atomic E-state index is 2.21. The minimum Gasteiger partial charge on any atom is -0.0622 e. The van der Waals surface area contributed by atoms with Gasteiger partial charge in [0, 0.05) is 0 Å². The van der Waals surface area contributed by atoms with Crippen LogP contribution >= 0.6 is 0 Å². The van der Waals surface area contributed by atoms with Gasteiger partial charge in [0.1, 0.15) is 0 Å². The summed E-state index contributed by atoms with van der Waals surface area (Å²) in [6.45, 7) is 0. The van der Waals surface area contributed by atoms with Crippen molar-refractivity contribution in [3.8, 4) is 0 Å². The highest BCUT2D eigenvalue weighted by Gasteiger charge is 1.91. The van der Waals surface area contributed by atoms with Crippen molar-refractivity contribution in [3.05, 3.63) is 96.1 Å². The first-order chi connectivity index (χ1) is 9.92. The molecule has 0 aliphatic rings. The van der Waals surface area contributed by atoms with Gasteiger partial charge < -0.3 is 0 Å². The molecule has 3 aromatic rings. The summed E-state index contributed by atoms with van der Waals surface area (Å²) >= 11 is 0. The number of hydrogen-bond donors (Lipinski definition) is 0. The Balaban J connectivity index is 1.76. The predicted octanol–water partition coefficient (Wildman–Crippen LogP) is 5.57. The Kier molecular flexibility index (Phi) is 3.75. The van der Waals surface area contributed by atoms with Gasteiger partial charge in [0.05, 0.1) is 0 Å². The minimum absolute atomic E-state index is 1.22. The summed E-state index contributed by atoms with van der Waals surface area (Å²) in [5.41, 5.74) is 2.44. The largest absolute Gasteiger partial charge is 0.0622 e. The molecule has 0 fully saturated rings. The molecule has 3 rings (SSSR count). The molecule has 0 spiro atoms. The number of hydrogen-bond acceptors (Lipinski definition) is 0. The maximum atomic E-state index is 2.21.